The molecule has 0 aromatic carbocycles. The van der Waals surface area contributed by atoms with Gasteiger partial charge in [0.05, 0.1) is 6.42 Å². The number of nitrogens with zero attached hydrogens (tertiary/aromatic N) is 2. The van der Waals surface area contributed by atoms with Crippen molar-refractivity contribution in [1.82, 2.24) is 10.4 Å². The number of hydrogen-bond donors (Lipinski definition) is 1. The van der Waals surface area contributed by atoms with E-state index in [2.05, 4.69) is 26.3 Å². The van der Waals surface area contributed by atoms with Crippen molar-refractivity contribution in [3.05, 3.63) is 22.8 Å². The third kappa shape index (κ3) is 1.80. The topological polar surface area (TPSA) is 44.7 Å². The molecule has 0 aromatic heterocycles. The third-order valence-corrected chi connectivity index (χ3v) is 3.60. The smallest absolute Gasteiger partial charge is 0.173 e. The summed E-state index contributed by atoms with van der Waals surface area (Å²) in [6.07, 6.45) is 8.35. The van der Waals surface area contributed by atoms with Gasteiger partial charge >= 0.3 is 0 Å². The molecule has 0 bridgehead atoms. The summed E-state index contributed by atoms with van der Waals surface area (Å²) in [7, 11) is 0. The van der Waals surface area contributed by atoms with Gasteiger partial charge in [-0.1, -0.05) is 15.9 Å². The SMILES string of the molecule is O=C(CC1=NC2C(Br)=CC=CN2N1)C1CC1. The molecule has 1 aliphatic carbocycles. The van der Waals surface area contributed by atoms with Crippen LogP contribution in [0.2, 0.25) is 0 Å². The first-order valence-electron chi connectivity index (χ1n) is 5.42. The van der Waals surface area contributed by atoms with Crippen LogP contribution in [0.25, 0.3) is 0 Å². The maximum absolute atomic E-state index is 11.7. The molecule has 1 atom stereocenters. The van der Waals surface area contributed by atoms with Crippen molar-refractivity contribution >= 4 is 27.5 Å². The summed E-state index contributed by atoms with van der Waals surface area (Å²) in [6.45, 7) is 0. The molecule has 0 spiro atoms. The molecule has 0 aromatic rings. The fraction of sp³-hybridized carbons (Fsp3) is 0.455. The van der Waals surface area contributed by atoms with Gasteiger partial charge in [-0.2, -0.15) is 0 Å². The van der Waals surface area contributed by atoms with Crippen LogP contribution in [0.3, 0.4) is 0 Å². The Labute approximate surface area is 102 Å². The van der Waals surface area contributed by atoms with Crippen molar-refractivity contribution in [3.63, 3.8) is 0 Å². The van der Waals surface area contributed by atoms with Crippen LogP contribution in [-0.2, 0) is 4.79 Å². The molecule has 3 rings (SSSR count). The highest BCUT2D eigenvalue weighted by atomic mass is 79.9. The first kappa shape index (κ1) is 10.1. The normalized spacial score (nSPS) is 27.1. The zero-order valence-corrected chi connectivity index (χ0v) is 10.3. The summed E-state index contributed by atoms with van der Waals surface area (Å²) >= 11 is 3.47. The number of ketones is 1. The highest BCUT2D eigenvalue weighted by Gasteiger charge is 2.33. The fourth-order valence-electron chi connectivity index (χ4n) is 1.88. The van der Waals surface area contributed by atoms with Gasteiger partial charge in [0, 0.05) is 16.6 Å². The average Bonchev–Trinajstić information content (AvgIpc) is 3.01. The standard InChI is InChI=1S/C11H12BrN3O/c12-8-2-1-5-15-11(8)13-10(14-15)6-9(16)7-3-4-7/h1-2,5,7,11H,3-4,6H2,(H,13,14). The molecule has 4 nitrogen and oxygen atoms in total. The zero-order valence-electron chi connectivity index (χ0n) is 8.69. The Morgan fingerprint density at radius 1 is 1.62 bits per heavy atom. The number of fused-ring (bicyclic) bond motifs is 1. The van der Waals surface area contributed by atoms with E-state index in [1.807, 2.05) is 23.4 Å². The molecule has 0 amide bonds. The highest BCUT2D eigenvalue weighted by Crippen LogP contribution is 2.31. The van der Waals surface area contributed by atoms with Crippen molar-refractivity contribution in [2.75, 3.05) is 0 Å². The van der Waals surface area contributed by atoms with E-state index >= 15 is 0 Å². The summed E-state index contributed by atoms with van der Waals surface area (Å²) in [5.74, 6) is 1.39. The summed E-state index contributed by atoms with van der Waals surface area (Å²) < 4.78 is 1.01. The molecule has 1 fully saturated rings. The molecule has 2 heterocycles. The lowest BCUT2D eigenvalue weighted by Gasteiger charge is -2.23. The summed E-state index contributed by atoms with van der Waals surface area (Å²) in [4.78, 5) is 16.2. The predicted octanol–water partition coefficient (Wildman–Crippen LogP) is 1.71. The van der Waals surface area contributed by atoms with Crippen LogP contribution in [0, 0.1) is 5.92 Å². The monoisotopic (exact) mass is 281 g/mol. The van der Waals surface area contributed by atoms with Gasteiger partial charge in [0.2, 0.25) is 0 Å². The molecular weight excluding hydrogens is 270 g/mol. The number of rotatable bonds is 3. The minimum atomic E-state index is -0.0352. The second-order valence-electron chi connectivity index (χ2n) is 4.28. The van der Waals surface area contributed by atoms with Gasteiger partial charge in [-0.15, -0.1) is 0 Å². The third-order valence-electron chi connectivity index (χ3n) is 2.92. The second kappa shape index (κ2) is 3.73. The predicted molar refractivity (Wildman–Crippen MR) is 64.7 cm³/mol. The number of carbonyl (C=O) groups is 1. The molecule has 84 valence electrons. The van der Waals surface area contributed by atoms with Crippen molar-refractivity contribution in [2.45, 2.75) is 25.4 Å². The average molecular weight is 282 g/mol. The molecule has 1 N–H and O–H groups in total. The first-order chi connectivity index (χ1) is 7.74. The largest absolute Gasteiger partial charge is 0.299 e. The quantitative estimate of drug-likeness (QED) is 0.857. The lowest BCUT2D eigenvalue weighted by atomic mass is 10.2. The molecule has 0 saturated heterocycles. The number of carbonyl (C=O) groups excluding carboxylic acids is 1. The lowest BCUT2D eigenvalue weighted by Crippen LogP contribution is -2.38. The van der Waals surface area contributed by atoms with Gasteiger partial charge < -0.3 is 0 Å². The van der Waals surface area contributed by atoms with Gasteiger partial charge in [-0.3, -0.25) is 15.2 Å². The van der Waals surface area contributed by atoms with Crippen molar-refractivity contribution in [1.29, 1.82) is 0 Å². The Morgan fingerprint density at radius 3 is 3.12 bits per heavy atom. The van der Waals surface area contributed by atoms with Crippen LogP contribution >= 0.6 is 15.9 Å². The molecule has 2 aliphatic heterocycles. The van der Waals surface area contributed by atoms with Crippen molar-refractivity contribution in [3.8, 4) is 0 Å². The minimum Gasteiger partial charge on any atom is -0.299 e. The maximum Gasteiger partial charge on any atom is 0.173 e. The number of hydrazine groups is 1. The van der Waals surface area contributed by atoms with Crippen LogP contribution in [0.4, 0.5) is 0 Å². The van der Waals surface area contributed by atoms with Crippen LogP contribution in [-0.4, -0.2) is 22.8 Å². The summed E-state index contributed by atoms with van der Waals surface area (Å²) in [5.41, 5.74) is 3.14. The molecule has 3 aliphatic rings. The number of halogens is 1. The zero-order chi connectivity index (χ0) is 11.1. The molecule has 16 heavy (non-hydrogen) atoms. The molecule has 1 saturated carbocycles. The van der Waals surface area contributed by atoms with Crippen molar-refractivity contribution < 1.29 is 4.79 Å². The van der Waals surface area contributed by atoms with E-state index in [1.54, 1.807) is 0 Å². The number of nitrogens with one attached hydrogen (secondary N) is 1. The minimum absolute atomic E-state index is 0.0352. The summed E-state index contributed by atoms with van der Waals surface area (Å²) in [6, 6.07) is 0. The number of aliphatic imine (C=N–C) groups is 1. The highest BCUT2D eigenvalue weighted by molar-refractivity contribution is 9.11. The van der Waals surface area contributed by atoms with Crippen molar-refractivity contribution in [2.24, 2.45) is 10.9 Å². The Kier molecular flexibility index (Phi) is 2.35. The number of amidine groups is 1. The van der Waals surface area contributed by atoms with E-state index in [0.29, 0.717) is 18.1 Å². The molecular formula is C11H12BrN3O. The van der Waals surface area contributed by atoms with Gasteiger partial charge in [0.25, 0.3) is 0 Å². The lowest BCUT2D eigenvalue weighted by molar-refractivity contribution is -0.119. The molecule has 0 radical (unpaired) electrons. The van der Waals surface area contributed by atoms with Gasteiger partial charge in [0.1, 0.15) is 11.6 Å². The van der Waals surface area contributed by atoms with E-state index in [4.69, 9.17) is 0 Å². The van der Waals surface area contributed by atoms with E-state index < -0.39 is 0 Å². The maximum atomic E-state index is 11.7. The Morgan fingerprint density at radius 2 is 2.44 bits per heavy atom. The van der Waals surface area contributed by atoms with Crippen LogP contribution in [0.5, 0.6) is 0 Å². The fourth-order valence-corrected chi connectivity index (χ4v) is 2.35. The molecule has 1 unspecified atom stereocenters. The Hall–Kier alpha value is -1.10. The van der Waals surface area contributed by atoms with Crippen LogP contribution in [0.15, 0.2) is 27.8 Å². The Balaban J connectivity index is 1.69. The van der Waals surface area contributed by atoms with E-state index in [9.17, 15) is 4.79 Å². The number of Topliss-reactive ketones (excluding diaryl/α,β-unsaturated/α-hetero) is 1. The second-order valence-corrected chi connectivity index (χ2v) is 5.19. The van der Waals surface area contributed by atoms with E-state index in [-0.39, 0.29) is 6.17 Å². The Bertz CT molecular complexity index is 423. The molecule has 5 heteroatoms. The summed E-state index contributed by atoms with van der Waals surface area (Å²) in [5, 5.41) is 1.90. The van der Waals surface area contributed by atoms with E-state index in [1.165, 1.54) is 0 Å². The van der Waals surface area contributed by atoms with Crippen LogP contribution < -0.4 is 5.43 Å². The van der Waals surface area contributed by atoms with Crippen LogP contribution in [0.1, 0.15) is 19.3 Å². The van der Waals surface area contributed by atoms with Gasteiger partial charge in [0.15, 0.2) is 6.17 Å². The van der Waals surface area contributed by atoms with Gasteiger partial charge in [-0.05, 0) is 25.0 Å². The number of hydrogen-bond acceptors (Lipinski definition) is 4. The first-order valence-corrected chi connectivity index (χ1v) is 6.21. The van der Waals surface area contributed by atoms with Gasteiger partial charge in [-0.25, -0.2) is 4.99 Å². The number of allylic oxidation sites excluding steroid dienone is 2. The van der Waals surface area contributed by atoms with E-state index in [0.717, 1.165) is 23.2 Å².